The van der Waals surface area contributed by atoms with Gasteiger partial charge in [-0.1, -0.05) is 0 Å². The first-order valence-corrected chi connectivity index (χ1v) is 3.75. The van der Waals surface area contributed by atoms with Crippen LogP contribution in [0.5, 0.6) is 0 Å². The zero-order valence-electron chi connectivity index (χ0n) is 7.04. The van der Waals surface area contributed by atoms with E-state index in [2.05, 4.69) is 5.10 Å². The molecule has 6 nitrogen and oxygen atoms in total. The SMILES string of the molecule is NCCC(F)(F)c1[nH]ncc1[N+](=O)[O-]. The molecule has 0 fully saturated rings. The number of nitrogens with zero attached hydrogens (tertiary/aromatic N) is 2. The molecule has 0 radical (unpaired) electrons. The summed E-state index contributed by atoms with van der Waals surface area (Å²) in [7, 11) is 0. The van der Waals surface area contributed by atoms with Crippen molar-refractivity contribution in [2.24, 2.45) is 5.73 Å². The highest BCUT2D eigenvalue weighted by atomic mass is 19.3. The number of rotatable bonds is 4. The molecule has 3 N–H and O–H groups in total. The first kappa shape index (κ1) is 10.5. The fourth-order valence-electron chi connectivity index (χ4n) is 0.994. The third-order valence-corrected chi connectivity index (χ3v) is 1.64. The van der Waals surface area contributed by atoms with Gasteiger partial charge in [0.1, 0.15) is 6.20 Å². The number of nitro groups is 1. The van der Waals surface area contributed by atoms with E-state index < -0.39 is 28.6 Å². The van der Waals surface area contributed by atoms with E-state index in [1.807, 2.05) is 5.10 Å². The van der Waals surface area contributed by atoms with Crippen molar-refractivity contribution < 1.29 is 13.7 Å². The molecule has 1 aromatic rings. The molecule has 0 spiro atoms. The molecular formula is C6H8F2N4O2. The summed E-state index contributed by atoms with van der Waals surface area (Å²) in [5.41, 5.74) is 3.45. The van der Waals surface area contributed by atoms with Crippen molar-refractivity contribution in [3.8, 4) is 0 Å². The summed E-state index contributed by atoms with van der Waals surface area (Å²) in [5.74, 6) is -3.34. The number of nitrogens with two attached hydrogens (primary N) is 1. The first-order valence-electron chi connectivity index (χ1n) is 3.75. The van der Waals surface area contributed by atoms with E-state index in [4.69, 9.17) is 5.73 Å². The van der Waals surface area contributed by atoms with Gasteiger partial charge in [0.15, 0.2) is 5.69 Å². The van der Waals surface area contributed by atoms with E-state index in [-0.39, 0.29) is 6.54 Å². The predicted molar refractivity (Wildman–Crippen MR) is 42.8 cm³/mol. The van der Waals surface area contributed by atoms with E-state index in [1.54, 1.807) is 0 Å². The Hall–Kier alpha value is -1.57. The largest absolute Gasteiger partial charge is 0.330 e. The number of halogens is 2. The van der Waals surface area contributed by atoms with Gasteiger partial charge < -0.3 is 5.73 Å². The van der Waals surface area contributed by atoms with Crippen molar-refractivity contribution in [3.63, 3.8) is 0 Å². The van der Waals surface area contributed by atoms with E-state index in [9.17, 15) is 18.9 Å². The maximum atomic E-state index is 13.2. The van der Waals surface area contributed by atoms with Crippen LogP contribution in [-0.2, 0) is 5.92 Å². The highest BCUT2D eigenvalue weighted by Gasteiger charge is 2.39. The van der Waals surface area contributed by atoms with Gasteiger partial charge in [0.2, 0.25) is 0 Å². The van der Waals surface area contributed by atoms with Gasteiger partial charge in [0, 0.05) is 6.42 Å². The van der Waals surface area contributed by atoms with Crippen molar-refractivity contribution in [1.29, 1.82) is 0 Å². The maximum Gasteiger partial charge on any atom is 0.316 e. The lowest BCUT2D eigenvalue weighted by molar-refractivity contribution is -0.387. The number of aromatic amines is 1. The minimum Gasteiger partial charge on any atom is -0.330 e. The second-order valence-electron chi connectivity index (χ2n) is 2.63. The normalized spacial score (nSPS) is 11.6. The predicted octanol–water partition coefficient (Wildman–Crippen LogP) is 0.759. The van der Waals surface area contributed by atoms with Crippen molar-refractivity contribution in [2.75, 3.05) is 6.54 Å². The quantitative estimate of drug-likeness (QED) is 0.561. The van der Waals surface area contributed by atoms with E-state index in [0.717, 1.165) is 6.20 Å². The molecule has 0 amide bonds. The molecule has 0 bridgehead atoms. The maximum absolute atomic E-state index is 13.2. The Bertz CT molecular complexity index is 338. The van der Waals surface area contributed by atoms with Crippen molar-refractivity contribution in [2.45, 2.75) is 12.3 Å². The summed E-state index contributed by atoms with van der Waals surface area (Å²) in [4.78, 5) is 9.40. The second kappa shape index (κ2) is 3.66. The highest BCUT2D eigenvalue weighted by Crippen LogP contribution is 2.35. The zero-order valence-corrected chi connectivity index (χ0v) is 7.04. The molecule has 1 aromatic heterocycles. The second-order valence-corrected chi connectivity index (χ2v) is 2.63. The summed E-state index contributed by atoms with van der Waals surface area (Å²) >= 11 is 0. The molecule has 0 saturated heterocycles. The third-order valence-electron chi connectivity index (χ3n) is 1.64. The summed E-state index contributed by atoms with van der Waals surface area (Å²) in [5, 5.41) is 15.4. The van der Waals surface area contributed by atoms with Gasteiger partial charge in [-0.05, 0) is 6.54 Å². The van der Waals surface area contributed by atoms with Gasteiger partial charge in [0.25, 0.3) is 5.92 Å². The first-order chi connectivity index (χ1) is 6.49. The molecule has 0 aromatic carbocycles. The lowest BCUT2D eigenvalue weighted by atomic mass is 10.1. The van der Waals surface area contributed by atoms with Gasteiger partial charge >= 0.3 is 5.69 Å². The van der Waals surface area contributed by atoms with Crippen LogP contribution in [-0.4, -0.2) is 21.7 Å². The number of aromatic nitrogens is 2. The molecule has 0 saturated carbocycles. The van der Waals surface area contributed by atoms with Crippen LogP contribution >= 0.6 is 0 Å². The van der Waals surface area contributed by atoms with Crippen LogP contribution in [0.1, 0.15) is 12.1 Å². The smallest absolute Gasteiger partial charge is 0.316 e. The minimum atomic E-state index is -3.34. The van der Waals surface area contributed by atoms with Gasteiger partial charge in [-0.15, -0.1) is 0 Å². The van der Waals surface area contributed by atoms with Crippen LogP contribution < -0.4 is 5.73 Å². The lowest BCUT2D eigenvalue weighted by Crippen LogP contribution is -2.20. The average molecular weight is 206 g/mol. The molecule has 1 rings (SSSR count). The minimum absolute atomic E-state index is 0.261. The Morgan fingerprint density at radius 3 is 2.86 bits per heavy atom. The molecule has 78 valence electrons. The van der Waals surface area contributed by atoms with Gasteiger partial charge in [0.05, 0.1) is 4.92 Å². The Morgan fingerprint density at radius 2 is 2.36 bits per heavy atom. The van der Waals surface area contributed by atoms with Gasteiger partial charge in [-0.3, -0.25) is 15.2 Å². The Kier molecular flexibility index (Phi) is 2.75. The average Bonchev–Trinajstić information content (AvgIpc) is 2.51. The summed E-state index contributed by atoms with van der Waals surface area (Å²) in [6, 6.07) is 0. The molecule has 0 unspecified atom stereocenters. The van der Waals surface area contributed by atoms with Crippen molar-refractivity contribution >= 4 is 5.69 Å². The molecule has 0 aliphatic rings. The van der Waals surface area contributed by atoms with Crippen LogP contribution in [0.2, 0.25) is 0 Å². The van der Waals surface area contributed by atoms with Crippen LogP contribution in [0.4, 0.5) is 14.5 Å². The van der Waals surface area contributed by atoms with E-state index in [1.165, 1.54) is 0 Å². The summed E-state index contributed by atoms with van der Waals surface area (Å²) in [6.07, 6.45) is 0.0930. The molecule has 14 heavy (non-hydrogen) atoms. The Labute approximate surface area is 77.2 Å². The zero-order chi connectivity index (χ0) is 10.8. The molecule has 1 heterocycles. The summed E-state index contributed by atoms with van der Waals surface area (Å²) in [6.45, 7) is -0.261. The fourth-order valence-corrected chi connectivity index (χ4v) is 0.994. The fraction of sp³-hybridized carbons (Fsp3) is 0.500. The van der Waals surface area contributed by atoms with Crippen LogP contribution in [0, 0.1) is 10.1 Å². The van der Waals surface area contributed by atoms with E-state index in [0.29, 0.717) is 0 Å². The van der Waals surface area contributed by atoms with Crippen LogP contribution in [0.25, 0.3) is 0 Å². The Morgan fingerprint density at radius 1 is 1.71 bits per heavy atom. The number of hydrogen-bond donors (Lipinski definition) is 2. The monoisotopic (exact) mass is 206 g/mol. The Balaban J connectivity index is 3.05. The van der Waals surface area contributed by atoms with Crippen LogP contribution in [0.15, 0.2) is 6.20 Å². The third kappa shape index (κ3) is 1.84. The van der Waals surface area contributed by atoms with Crippen LogP contribution in [0.3, 0.4) is 0 Å². The molecule has 0 atom stereocenters. The molecule has 8 heteroatoms. The molecule has 0 aliphatic carbocycles. The van der Waals surface area contributed by atoms with Gasteiger partial charge in [-0.25, -0.2) is 0 Å². The molecule has 0 aliphatic heterocycles. The number of nitrogens with one attached hydrogen (secondary N) is 1. The van der Waals surface area contributed by atoms with Crippen molar-refractivity contribution in [1.82, 2.24) is 10.2 Å². The van der Waals surface area contributed by atoms with Gasteiger partial charge in [-0.2, -0.15) is 13.9 Å². The van der Waals surface area contributed by atoms with Crippen molar-refractivity contribution in [3.05, 3.63) is 22.0 Å². The molecular weight excluding hydrogens is 198 g/mol. The number of alkyl halides is 2. The topological polar surface area (TPSA) is 97.8 Å². The number of hydrogen-bond acceptors (Lipinski definition) is 4. The highest BCUT2D eigenvalue weighted by molar-refractivity contribution is 5.35. The summed E-state index contributed by atoms with van der Waals surface area (Å²) < 4.78 is 26.3. The standard InChI is InChI=1S/C6H8F2N4O2/c7-6(8,1-2-9)5-4(12(13)14)3-10-11-5/h3H,1-2,9H2,(H,10,11). The number of H-pyrrole nitrogens is 1. The van der Waals surface area contributed by atoms with E-state index >= 15 is 0 Å². The lowest BCUT2D eigenvalue weighted by Gasteiger charge is -2.11.